The molecule has 1 aliphatic carbocycles. The number of carbonyl (C=O) groups is 2. The van der Waals surface area contributed by atoms with E-state index in [0.29, 0.717) is 26.1 Å². The summed E-state index contributed by atoms with van der Waals surface area (Å²) < 4.78 is 0.755. The van der Waals surface area contributed by atoms with Crippen LogP contribution in [0.15, 0.2) is 30.3 Å². The second kappa shape index (κ2) is 10.9. The highest BCUT2D eigenvalue weighted by Gasteiger charge is 2.45. The van der Waals surface area contributed by atoms with Crippen LogP contribution < -0.4 is 0 Å². The molecule has 3 aliphatic rings. The molecular formula is C30H40ClN3O3S. The van der Waals surface area contributed by atoms with Gasteiger partial charge in [0.25, 0.3) is 0 Å². The Morgan fingerprint density at radius 3 is 2.50 bits per heavy atom. The van der Waals surface area contributed by atoms with E-state index >= 15 is 0 Å². The van der Waals surface area contributed by atoms with Crippen LogP contribution in [0.3, 0.4) is 0 Å². The number of rotatable bonds is 6. The lowest BCUT2D eigenvalue weighted by Crippen LogP contribution is -2.59. The number of carboxylic acid groups (broad SMARTS) is 1. The smallest absolute Gasteiger partial charge is 0.321 e. The lowest BCUT2D eigenvalue weighted by molar-refractivity contribution is -0.147. The normalized spacial score (nSPS) is 25.5. The summed E-state index contributed by atoms with van der Waals surface area (Å²) in [4.78, 5) is 34.0. The summed E-state index contributed by atoms with van der Waals surface area (Å²) in [5.74, 6) is -0.608. The average Bonchev–Trinajstić information content (AvgIpc) is 3.60. The summed E-state index contributed by atoms with van der Waals surface area (Å²) in [5, 5.41) is 10.1. The Morgan fingerprint density at radius 2 is 1.84 bits per heavy atom. The van der Waals surface area contributed by atoms with E-state index in [9.17, 15) is 14.7 Å². The molecule has 0 saturated carbocycles. The van der Waals surface area contributed by atoms with Gasteiger partial charge in [-0.2, -0.15) is 0 Å². The number of hydrogen-bond acceptors (Lipinski definition) is 5. The predicted molar refractivity (Wildman–Crippen MR) is 153 cm³/mol. The molecule has 1 aromatic carbocycles. The monoisotopic (exact) mass is 557 g/mol. The van der Waals surface area contributed by atoms with Gasteiger partial charge in [-0.1, -0.05) is 29.8 Å². The fourth-order valence-electron chi connectivity index (χ4n) is 6.57. The molecular weight excluding hydrogens is 518 g/mol. The Labute approximate surface area is 235 Å². The summed E-state index contributed by atoms with van der Waals surface area (Å²) in [7, 11) is 0. The first-order valence-corrected chi connectivity index (χ1v) is 15.1. The SMILES string of the molecule is C[C@H]1CN([C@@H](Cc2ccc3c(c2)CCC3)C(=O)O)CCN1C(=O)C1CN(C(C)(C)C)CC1c1ccc(Cl)s1. The minimum absolute atomic E-state index is 0.0229. The number of fused-ring (bicyclic) bond motifs is 1. The van der Waals surface area contributed by atoms with Gasteiger partial charge in [0.05, 0.1) is 10.3 Å². The molecule has 38 heavy (non-hydrogen) atoms. The third-order valence-electron chi connectivity index (χ3n) is 8.80. The predicted octanol–water partition coefficient (Wildman–Crippen LogP) is 4.93. The zero-order chi connectivity index (χ0) is 27.2. The first-order chi connectivity index (χ1) is 18.0. The highest BCUT2D eigenvalue weighted by molar-refractivity contribution is 7.16. The van der Waals surface area contributed by atoms with Gasteiger partial charge in [0, 0.05) is 55.1 Å². The van der Waals surface area contributed by atoms with Crippen LogP contribution in [0.1, 0.15) is 61.6 Å². The summed E-state index contributed by atoms with van der Waals surface area (Å²) in [6.45, 7) is 11.9. The number of aliphatic carboxylic acids is 1. The number of aryl methyl sites for hydroxylation is 2. The van der Waals surface area contributed by atoms with Crippen LogP contribution in [-0.2, 0) is 28.9 Å². The van der Waals surface area contributed by atoms with Gasteiger partial charge >= 0.3 is 5.97 Å². The van der Waals surface area contributed by atoms with Crippen LogP contribution in [0.25, 0.3) is 0 Å². The van der Waals surface area contributed by atoms with Crippen molar-refractivity contribution in [2.75, 3.05) is 32.7 Å². The third-order valence-corrected chi connectivity index (χ3v) is 10.2. The van der Waals surface area contributed by atoms with E-state index in [1.165, 1.54) is 22.4 Å². The van der Waals surface area contributed by atoms with E-state index in [1.54, 1.807) is 11.3 Å². The van der Waals surface area contributed by atoms with Gasteiger partial charge in [0.1, 0.15) is 6.04 Å². The molecule has 1 aromatic heterocycles. The molecule has 2 saturated heterocycles. The number of thiophene rings is 1. The van der Waals surface area contributed by atoms with Crippen LogP contribution in [0.4, 0.5) is 0 Å². The highest BCUT2D eigenvalue weighted by Crippen LogP contribution is 2.41. The lowest BCUT2D eigenvalue weighted by Gasteiger charge is -2.43. The summed E-state index contributed by atoms with van der Waals surface area (Å²) in [6.07, 6.45) is 3.89. The summed E-state index contributed by atoms with van der Waals surface area (Å²) >= 11 is 7.85. The molecule has 206 valence electrons. The largest absolute Gasteiger partial charge is 0.480 e. The quantitative estimate of drug-likeness (QED) is 0.545. The van der Waals surface area contributed by atoms with E-state index < -0.39 is 12.0 Å². The van der Waals surface area contributed by atoms with Crippen molar-refractivity contribution < 1.29 is 14.7 Å². The highest BCUT2D eigenvalue weighted by atomic mass is 35.5. The number of likely N-dealkylation sites (tertiary alicyclic amines) is 1. The van der Waals surface area contributed by atoms with Crippen LogP contribution in [0.2, 0.25) is 4.34 Å². The van der Waals surface area contributed by atoms with Crippen molar-refractivity contribution in [1.29, 1.82) is 0 Å². The molecule has 0 bridgehead atoms. The summed E-state index contributed by atoms with van der Waals surface area (Å²) in [5.41, 5.74) is 3.85. The van der Waals surface area contributed by atoms with Crippen molar-refractivity contribution in [1.82, 2.24) is 14.7 Å². The fourth-order valence-corrected chi connectivity index (χ4v) is 7.79. The van der Waals surface area contributed by atoms with Gasteiger partial charge in [-0.05, 0) is 82.2 Å². The molecule has 4 atom stereocenters. The Balaban J connectivity index is 1.28. The molecule has 1 N–H and O–H groups in total. The molecule has 2 fully saturated rings. The topological polar surface area (TPSA) is 64.1 Å². The number of halogens is 1. The van der Waals surface area contributed by atoms with Gasteiger partial charge in [-0.3, -0.25) is 19.4 Å². The van der Waals surface area contributed by atoms with Crippen LogP contribution in [0.5, 0.6) is 0 Å². The van der Waals surface area contributed by atoms with Crippen molar-refractivity contribution in [3.8, 4) is 0 Å². The van der Waals surface area contributed by atoms with Crippen LogP contribution >= 0.6 is 22.9 Å². The van der Waals surface area contributed by atoms with E-state index in [0.717, 1.165) is 35.8 Å². The van der Waals surface area contributed by atoms with Gasteiger partial charge in [-0.15, -0.1) is 11.3 Å². The Hall–Kier alpha value is -1.93. The second-order valence-electron chi connectivity index (χ2n) is 12.3. The maximum absolute atomic E-state index is 14.0. The van der Waals surface area contributed by atoms with Crippen LogP contribution in [0, 0.1) is 5.92 Å². The van der Waals surface area contributed by atoms with E-state index in [2.05, 4.69) is 61.8 Å². The Kier molecular flexibility index (Phi) is 7.94. The molecule has 2 unspecified atom stereocenters. The number of hydrogen-bond donors (Lipinski definition) is 1. The Bertz CT molecular complexity index is 1190. The second-order valence-corrected chi connectivity index (χ2v) is 14.1. The molecule has 3 heterocycles. The van der Waals surface area contributed by atoms with Gasteiger partial charge < -0.3 is 10.0 Å². The maximum Gasteiger partial charge on any atom is 0.321 e. The molecule has 2 aromatic rings. The standard InChI is InChI=1S/C30H40ClN3O3S/c1-19-16-32(25(29(36)37)15-20-8-9-21-6-5-7-22(21)14-20)12-13-34(19)28(35)24-18-33(30(2,3)4)17-23(24)26-10-11-27(31)38-26/h8-11,14,19,23-25H,5-7,12-13,15-18H2,1-4H3,(H,36,37)/t19-,23?,24?,25-/m0/s1. The minimum Gasteiger partial charge on any atom is -0.480 e. The minimum atomic E-state index is -0.788. The van der Waals surface area contributed by atoms with E-state index in [4.69, 9.17) is 11.6 Å². The first kappa shape index (κ1) is 27.6. The zero-order valence-corrected chi connectivity index (χ0v) is 24.5. The number of benzene rings is 1. The number of carboxylic acids is 1. The molecule has 0 radical (unpaired) electrons. The molecule has 2 aliphatic heterocycles. The van der Waals surface area contributed by atoms with Crippen molar-refractivity contribution in [2.24, 2.45) is 5.92 Å². The number of nitrogens with zero attached hydrogens (tertiary/aromatic N) is 3. The molecule has 5 rings (SSSR count). The van der Waals surface area contributed by atoms with Gasteiger partial charge in [-0.25, -0.2) is 0 Å². The van der Waals surface area contributed by atoms with E-state index in [-0.39, 0.29) is 29.3 Å². The van der Waals surface area contributed by atoms with Crippen molar-refractivity contribution in [3.63, 3.8) is 0 Å². The average molecular weight is 558 g/mol. The third kappa shape index (κ3) is 5.67. The molecule has 6 nitrogen and oxygen atoms in total. The van der Waals surface area contributed by atoms with Crippen molar-refractivity contribution in [3.05, 3.63) is 56.2 Å². The van der Waals surface area contributed by atoms with Crippen LogP contribution in [-0.4, -0.2) is 82.0 Å². The van der Waals surface area contributed by atoms with Crippen molar-refractivity contribution >= 4 is 34.8 Å². The number of carbonyl (C=O) groups excluding carboxylic acids is 1. The summed E-state index contributed by atoms with van der Waals surface area (Å²) in [6, 6.07) is 9.85. The number of amides is 1. The fraction of sp³-hybridized carbons (Fsp3) is 0.600. The van der Waals surface area contributed by atoms with Gasteiger partial charge in [0.15, 0.2) is 0 Å². The maximum atomic E-state index is 14.0. The van der Waals surface area contributed by atoms with Gasteiger partial charge in [0.2, 0.25) is 5.91 Å². The first-order valence-electron chi connectivity index (χ1n) is 13.9. The van der Waals surface area contributed by atoms with Crippen molar-refractivity contribution in [2.45, 2.75) is 76.9 Å². The molecule has 0 spiro atoms. The Morgan fingerprint density at radius 1 is 1.08 bits per heavy atom. The molecule has 1 amide bonds. The number of piperazine rings is 1. The van der Waals surface area contributed by atoms with E-state index in [1.807, 2.05) is 11.0 Å². The molecule has 8 heteroatoms. The zero-order valence-electron chi connectivity index (χ0n) is 23.0. The lowest BCUT2D eigenvalue weighted by atomic mass is 9.92.